The molecule has 2 aromatic rings. The van der Waals surface area contributed by atoms with Crippen LogP contribution < -0.4 is 14.8 Å². The minimum absolute atomic E-state index is 0.0216. The molecule has 0 saturated carbocycles. The van der Waals surface area contributed by atoms with Gasteiger partial charge in [0.25, 0.3) is 0 Å². The zero-order chi connectivity index (χ0) is 20.8. The van der Waals surface area contributed by atoms with Crippen LogP contribution in [0.25, 0.3) is 0 Å². The third kappa shape index (κ3) is 5.52. The van der Waals surface area contributed by atoms with Crippen LogP contribution in [0.2, 0.25) is 0 Å². The van der Waals surface area contributed by atoms with E-state index in [1.807, 2.05) is 30.3 Å². The van der Waals surface area contributed by atoms with Crippen LogP contribution >= 0.6 is 0 Å². The van der Waals surface area contributed by atoms with Gasteiger partial charge in [-0.05, 0) is 48.4 Å². The van der Waals surface area contributed by atoms with Crippen LogP contribution in [0, 0.1) is 0 Å². The van der Waals surface area contributed by atoms with E-state index in [1.54, 1.807) is 0 Å². The fourth-order valence-corrected chi connectivity index (χ4v) is 3.94. The lowest BCUT2D eigenvalue weighted by atomic mass is 10.1. The number of hydrogen-bond donors (Lipinski definition) is 1. The Balaban J connectivity index is 1.23. The van der Waals surface area contributed by atoms with E-state index in [0.29, 0.717) is 26.1 Å². The van der Waals surface area contributed by atoms with E-state index in [1.165, 1.54) is 5.56 Å². The second-order valence-electron chi connectivity index (χ2n) is 7.93. The molecule has 6 heteroatoms. The number of carbonyl (C=O) groups is 1. The molecule has 30 heavy (non-hydrogen) atoms. The van der Waals surface area contributed by atoms with Gasteiger partial charge in [0.1, 0.15) is 13.2 Å². The SMILES string of the molecule is CCN1CCN(Cc2ccc(NC(=O)CCc3ccc4c(c3)OCCO4)cc2)CC1. The van der Waals surface area contributed by atoms with Crippen LogP contribution in [0.4, 0.5) is 5.69 Å². The number of carbonyl (C=O) groups excluding carboxylic acids is 1. The Morgan fingerprint density at radius 1 is 0.900 bits per heavy atom. The Kier molecular flexibility index (Phi) is 6.87. The van der Waals surface area contributed by atoms with E-state index in [2.05, 4.69) is 34.2 Å². The Labute approximate surface area is 178 Å². The number of nitrogens with one attached hydrogen (secondary N) is 1. The number of rotatable bonds is 7. The van der Waals surface area contributed by atoms with Crippen molar-refractivity contribution in [3.05, 3.63) is 53.6 Å². The summed E-state index contributed by atoms with van der Waals surface area (Å²) in [5.41, 5.74) is 3.21. The first-order chi connectivity index (χ1) is 14.7. The lowest BCUT2D eigenvalue weighted by Crippen LogP contribution is -2.45. The third-order valence-corrected chi connectivity index (χ3v) is 5.80. The largest absolute Gasteiger partial charge is 0.486 e. The van der Waals surface area contributed by atoms with Crippen LogP contribution in [-0.4, -0.2) is 61.6 Å². The quantitative estimate of drug-likeness (QED) is 0.761. The van der Waals surface area contributed by atoms with Gasteiger partial charge in [-0.15, -0.1) is 0 Å². The van der Waals surface area contributed by atoms with E-state index in [-0.39, 0.29) is 5.91 Å². The standard InChI is InChI=1S/C24H31N3O3/c1-2-26-11-13-27(14-12-26)18-20-3-7-21(8-4-20)25-24(28)10-6-19-5-9-22-23(17-19)30-16-15-29-22/h3-5,7-9,17H,2,6,10-16,18H2,1H3,(H,25,28). The second-order valence-corrected chi connectivity index (χ2v) is 7.93. The minimum Gasteiger partial charge on any atom is -0.486 e. The number of benzene rings is 2. The van der Waals surface area contributed by atoms with Crippen LogP contribution in [0.1, 0.15) is 24.5 Å². The van der Waals surface area contributed by atoms with Gasteiger partial charge in [-0.25, -0.2) is 0 Å². The van der Waals surface area contributed by atoms with Crippen molar-refractivity contribution >= 4 is 11.6 Å². The fourth-order valence-electron chi connectivity index (χ4n) is 3.94. The molecule has 0 aliphatic carbocycles. The van der Waals surface area contributed by atoms with Gasteiger partial charge >= 0.3 is 0 Å². The number of likely N-dealkylation sites (N-methyl/N-ethyl adjacent to an activating group) is 1. The molecule has 0 bridgehead atoms. The van der Waals surface area contributed by atoms with Crippen LogP contribution in [0.3, 0.4) is 0 Å². The predicted octanol–water partition coefficient (Wildman–Crippen LogP) is 3.17. The summed E-state index contributed by atoms with van der Waals surface area (Å²) >= 11 is 0. The molecule has 2 heterocycles. The molecule has 6 nitrogen and oxygen atoms in total. The highest BCUT2D eigenvalue weighted by Crippen LogP contribution is 2.31. The molecule has 1 saturated heterocycles. The fraction of sp³-hybridized carbons (Fsp3) is 0.458. The van der Waals surface area contributed by atoms with Crippen molar-refractivity contribution in [2.45, 2.75) is 26.3 Å². The lowest BCUT2D eigenvalue weighted by Gasteiger charge is -2.34. The summed E-state index contributed by atoms with van der Waals surface area (Å²) in [5.74, 6) is 1.57. The molecular formula is C24H31N3O3. The molecule has 0 spiro atoms. The van der Waals surface area contributed by atoms with E-state index in [0.717, 1.165) is 62.0 Å². The summed E-state index contributed by atoms with van der Waals surface area (Å²) in [4.78, 5) is 17.3. The third-order valence-electron chi connectivity index (χ3n) is 5.80. The molecule has 4 rings (SSSR count). The molecule has 1 amide bonds. The van der Waals surface area contributed by atoms with Crippen molar-refractivity contribution in [3.63, 3.8) is 0 Å². The lowest BCUT2D eigenvalue weighted by molar-refractivity contribution is -0.116. The van der Waals surface area contributed by atoms with Crippen molar-refractivity contribution in [1.82, 2.24) is 9.80 Å². The molecule has 2 aliphatic heterocycles. The summed E-state index contributed by atoms with van der Waals surface area (Å²) in [6.45, 7) is 10.0. The van der Waals surface area contributed by atoms with Gasteiger partial charge in [0, 0.05) is 44.8 Å². The number of hydrogen-bond acceptors (Lipinski definition) is 5. The summed E-state index contributed by atoms with van der Waals surface area (Å²) in [5, 5.41) is 3.00. The van der Waals surface area contributed by atoms with Crippen molar-refractivity contribution < 1.29 is 14.3 Å². The Morgan fingerprint density at radius 2 is 1.57 bits per heavy atom. The van der Waals surface area contributed by atoms with E-state index >= 15 is 0 Å². The summed E-state index contributed by atoms with van der Waals surface area (Å²) in [6.07, 6.45) is 1.10. The number of piperazine rings is 1. The molecule has 2 aromatic carbocycles. The van der Waals surface area contributed by atoms with Crippen LogP contribution in [0.5, 0.6) is 11.5 Å². The average Bonchev–Trinajstić information content (AvgIpc) is 2.79. The molecule has 2 aliphatic rings. The van der Waals surface area contributed by atoms with Gasteiger partial charge in [-0.1, -0.05) is 25.1 Å². The Hall–Kier alpha value is -2.57. The maximum atomic E-state index is 12.4. The Bertz CT molecular complexity index is 845. The summed E-state index contributed by atoms with van der Waals surface area (Å²) in [7, 11) is 0. The van der Waals surface area contributed by atoms with E-state index in [9.17, 15) is 4.79 Å². The highest BCUT2D eigenvalue weighted by atomic mass is 16.6. The summed E-state index contributed by atoms with van der Waals surface area (Å²) in [6, 6.07) is 14.1. The van der Waals surface area contributed by atoms with Crippen molar-refractivity contribution in [2.24, 2.45) is 0 Å². The Morgan fingerprint density at radius 3 is 2.30 bits per heavy atom. The number of anilines is 1. The predicted molar refractivity (Wildman–Crippen MR) is 118 cm³/mol. The number of amides is 1. The normalized spacial score (nSPS) is 17.0. The van der Waals surface area contributed by atoms with E-state index in [4.69, 9.17) is 9.47 Å². The highest BCUT2D eigenvalue weighted by Gasteiger charge is 2.15. The maximum absolute atomic E-state index is 12.4. The first-order valence-corrected chi connectivity index (χ1v) is 10.9. The first kappa shape index (κ1) is 20.7. The monoisotopic (exact) mass is 409 g/mol. The number of nitrogens with zero attached hydrogens (tertiary/aromatic N) is 2. The first-order valence-electron chi connectivity index (χ1n) is 10.9. The van der Waals surface area contributed by atoms with Crippen molar-refractivity contribution in [2.75, 3.05) is 51.3 Å². The number of fused-ring (bicyclic) bond motifs is 1. The smallest absolute Gasteiger partial charge is 0.224 e. The zero-order valence-electron chi connectivity index (χ0n) is 17.7. The van der Waals surface area contributed by atoms with Crippen LogP contribution in [-0.2, 0) is 17.8 Å². The molecule has 0 aromatic heterocycles. The van der Waals surface area contributed by atoms with Gasteiger partial charge in [-0.2, -0.15) is 0 Å². The topological polar surface area (TPSA) is 54.0 Å². The molecule has 1 N–H and O–H groups in total. The van der Waals surface area contributed by atoms with Crippen molar-refractivity contribution in [3.8, 4) is 11.5 Å². The molecule has 0 unspecified atom stereocenters. The van der Waals surface area contributed by atoms with Gasteiger partial charge in [0.2, 0.25) is 5.91 Å². The van der Waals surface area contributed by atoms with Gasteiger partial charge in [0.15, 0.2) is 11.5 Å². The van der Waals surface area contributed by atoms with E-state index < -0.39 is 0 Å². The average molecular weight is 410 g/mol. The molecule has 0 radical (unpaired) electrons. The van der Waals surface area contributed by atoms with Crippen molar-refractivity contribution in [1.29, 1.82) is 0 Å². The van der Waals surface area contributed by atoms with Gasteiger partial charge < -0.3 is 19.7 Å². The number of ether oxygens (including phenoxy) is 2. The number of aryl methyl sites for hydroxylation is 1. The van der Waals surface area contributed by atoms with Crippen LogP contribution in [0.15, 0.2) is 42.5 Å². The van der Waals surface area contributed by atoms with Gasteiger partial charge in [-0.3, -0.25) is 9.69 Å². The second kappa shape index (κ2) is 9.96. The molecular weight excluding hydrogens is 378 g/mol. The molecule has 0 atom stereocenters. The minimum atomic E-state index is 0.0216. The molecule has 160 valence electrons. The summed E-state index contributed by atoms with van der Waals surface area (Å²) < 4.78 is 11.2. The maximum Gasteiger partial charge on any atom is 0.224 e. The van der Waals surface area contributed by atoms with Gasteiger partial charge in [0.05, 0.1) is 0 Å². The highest BCUT2D eigenvalue weighted by molar-refractivity contribution is 5.90. The molecule has 1 fully saturated rings. The zero-order valence-corrected chi connectivity index (χ0v) is 17.7.